The second-order valence-electron chi connectivity index (χ2n) is 16.5. The maximum absolute atomic E-state index is 14.0. The first-order chi connectivity index (χ1) is 17.7. The Morgan fingerprint density at radius 3 is 1.48 bits per heavy atom. The van der Waals surface area contributed by atoms with Gasteiger partial charge in [0, 0.05) is 47.7 Å². The van der Waals surface area contributed by atoms with E-state index in [0.29, 0.717) is 32.1 Å². The lowest BCUT2D eigenvalue weighted by Crippen LogP contribution is -2.56. The van der Waals surface area contributed by atoms with Crippen LogP contribution in [0.4, 0.5) is 0 Å². The van der Waals surface area contributed by atoms with Crippen LogP contribution in [-0.4, -0.2) is 52.5 Å². The van der Waals surface area contributed by atoms with Crippen LogP contribution in [0.3, 0.4) is 0 Å². The first-order valence-corrected chi connectivity index (χ1v) is 14.8. The van der Waals surface area contributed by atoms with Gasteiger partial charge in [-0.25, -0.2) is 9.59 Å². The third-order valence-corrected chi connectivity index (χ3v) is 8.89. The molecule has 2 N–H and O–H groups in total. The van der Waals surface area contributed by atoms with Gasteiger partial charge in [-0.15, -0.1) is 0 Å². The Hall–Kier alpha value is -1.96. The number of carbonyl (C=O) groups is 4. The molecule has 0 aliphatic carbocycles. The second kappa shape index (κ2) is 10.7. The Labute approximate surface area is 242 Å². The predicted molar refractivity (Wildman–Crippen MR) is 156 cm³/mol. The van der Waals surface area contributed by atoms with Crippen molar-refractivity contribution in [2.45, 2.75) is 158 Å². The van der Waals surface area contributed by atoms with Crippen LogP contribution in [0.15, 0.2) is 0 Å². The molecule has 40 heavy (non-hydrogen) atoms. The summed E-state index contributed by atoms with van der Waals surface area (Å²) in [5, 5.41) is 6.97. The number of hydrogen-bond donors (Lipinski definition) is 2. The van der Waals surface area contributed by atoms with Crippen LogP contribution in [0.1, 0.15) is 129 Å². The van der Waals surface area contributed by atoms with Crippen molar-refractivity contribution >= 4 is 23.6 Å². The van der Waals surface area contributed by atoms with E-state index in [2.05, 4.69) is 45.3 Å². The van der Waals surface area contributed by atoms with Crippen LogP contribution in [0.2, 0.25) is 0 Å². The van der Waals surface area contributed by atoms with E-state index < -0.39 is 27.4 Å². The molecule has 0 bridgehead atoms. The highest BCUT2D eigenvalue weighted by molar-refractivity contribution is 5.93. The van der Waals surface area contributed by atoms with Crippen molar-refractivity contribution in [1.82, 2.24) is 10.6 Å². The van der Waals surface area contributed by atoms with Crippen molar-refractivity contribution in [3.8, 4) is 0 Å². The molecule has 0 saturated carbocycles. The molecule has 2 saturated heterocycles. The first kappa shape index (κ1) is 34.2. The molecule has 2 aliphatic heterocycles. The second-order valence-corrected chi connectivity index (χ2v) is 16.5. The molecule has 0 radical (unpaired) electrons. The highest BCUT2D eigenvalue weighted by Gasteiger charge is 2.58. The van der Waals surface area contributed by atoms with E-state index in [1.807, 2.05) is 55.4 Å². The minimum Gasteiger partial charge on any atom is -0.444 e. The van der Waals surface area contributed by atoms with Gasteiger partial charge in [-0.05, 0) is 58.3 Å². The van der Waals surface area contributed by atoms with Crippen LogP contribution in [0.25, 0.3) is 0 Å². The minimum atomic E-state index is -0.925. The molecule has 2 aliphatic rings. The topological polar surface area (TPSA) is 117 Å². The number of amides is 1. The Bertz CT molecular complexity index is 1020. The Kier molecular flexibility index (Phi) is 9.16. The molecule has 8 heteroatoms. The minimum absolute atomic E-state index is 0.0829. The number of cyclic esters (lactones) is 2. The number of hydrogen-bond acceptors (Lipinski definition) is 7. The van der Waals surface area contributed by atoms with E-state index in [1.165, 1.54) is 0 Å². The van der Waals surface area contributed by atoms with Gasteiger partial charge in [-0.1, -0.05) is 62.3 Å². The fourth-order valence-electron chi connectivity index (χ4n) is 6.49. The van der Waals surface area contributed by atoms with Gasteiger partial charge in [-0.3, -0.25) is 9.59 Å². The Morgan fingerprint density at radius 1 is 0.725 bits per heavy atom. The molecule has 4 unspecified atom stereocenters. The standard InChI is InChI=1S/C32H56N2O6/c1-15-22(35)29(9,10)18-27(5,6)20(16-31(13)24(37)39-31)33-23(36)30(11,12)19-28(7,8)21(34-26(2,3)4)17-32(14)25(38)40-32/h20-21,34H,15-19H2,1-14H3,(H,33,36). The molecule has 0 spiro atoms. The zero-order valence-corrected chi connectivity index (χ0v) is 27.6. The summed E-state index contributed by atoms with van der Waals surface area (Å²) >= 11 is 0. The molecule has 2 heterocycles. The van der Waals surface area contributed by atoms with Gasteiger partial charge < -0.3 is 20.1 Å². The quantitative estimate of drug-likeness (QED) is 0.252. The average molecular weight is 565 g/mol. The van der Waals surface area contributed by atoms with Gasteiger partial charge in [0.05, 0.1) is 0 Å². The fraction of sp³-hybridized carbons (Fsp3) is 0.875. The van der Waals surface area contributed by atoms with Crippen molar-refractivity contribution < 1.29 is 28.7 Å². The summed E-state index contributed by atoms with van der Waals surface area (Å²) in [7, 11) is 0. The molecule has 8 nitrogen and oxygen atoms in total. The van der Waals surface area contributed by atoms with Crippen molar-refractivity contribution in [2.75, 3.05) is 0 Å². The van der Waals surface area contributed by atoms with E-state index in [-0.39, 0.29) is 46.7 Å². The normalized spacial score (nSPS) is 25.1. The van der Waals surface area contributed by atoms with Crippen LogP contribution in [0, 0.1) is 21.7 Å². The van der Waals surface area contributed by atoms with Crippen LogP contribution in [-0.2, 0) is 28.7 Å². The summed E-state index contributed by atoms with van der Waals surface area (Å²) in [5.74, 6) is -0.412. The summed E-state index contributed by atoms with van der Waals surface area (Å²) in [6.07, 6.45) is 2.40. The summed E-state index contributed by atoms with van der Waals surface area (Å²) in [4.78, 5) is 50.8. The fourth-order valence-corrected chi connectivity index (χ4v) is 6.49. The maximum atomic E-state index is 14.0. The SMILES string of the molecule is CCC(=O)C(C)(C)CC(C)(C)C(CC1(C)OC1=O)NC(=O)C(C)(C)CC(C)(C)C(CC1(C)OC1=O)NC(C)(C)C. The highest BCUT2D eigenvalue weighted by atomic mass is 16.7. The van der Waals surface area contributed by atoms with E-state index in [1.54, 1.807) is 6.92 Å². The summed E-state index contributed by atoms with van der Waals surface area (Å²) < 4.78 is 10.6. The molecular weight excluding hydrogens is 508 g/mol. The molecular formula is C32H56N2O6. The number of ether oxygens (including phenoxy) is 2. The Morgan fingerprint density at radius 2 is 1.10 bits per heavy atom. The number of epoxide rings is 2. The van der Waals surface area contributed by atoms with Gasteiger partial charge in [0.2, 0.25) is 17.1 Å². The van der Waals surface area contributed by atoms with Crippen LogP contribution < -0.4 is 10.6 Å². The number of carbonyl (C=O) groups excluding carboxylic acids is 4. The van der Waals surface area contributed by atoms with Gasteiger partial charge in [0.25, 0.3) is 0 Å². The van der Waals surface area contributed by atoms with E-state index in [9.17, 15) is 19.2 Å². The monoisotopic (exact) mass is 564 g/mol. The van der Waals surface area contributed by atoms with Crippen LogP contribution >= 0.6 is 0 Å². The van der Waals surface area contributed by atoms with E-state index in [0.717, 1.165) is 0 Å². The molecule has 0 aromatic rings. The molecule has 2 rings (SSSR count). The van der Waals surface area contributed by atoms with E-state index >= 15 is 0 Å². The number of rotatable bonds is 15. The molecule has 2 fully saturated rings. The number of ketones is 1. The molecule has 0 aromatic heterocycles. The van der Waals surface area contributed by atoms with Gasteiger partial charge in [0.1, 0.15) is 5.78 Å². The van der Waals surface area contributed by atoms with E-state index in [4.69, 9.17) is 9.47 Å². The number of nitrogens with one attached hydrogen (secondary N) is 2. The zero-order valence-electron chi connectivity index (χ0n) is 27.6. The average Bonchev–Trinajstić information content (AvgIpc) is 3.55. The first-order valence-electron chi connectivity index (χ1n) is 14.8. The molecule has 0 aromatic carbocycles. The van der Waals surface area contributed by atoms with Gasteiger partial charge >= 0.3 is 11.9 Å². The van der Waals surface area contributed by atoms with Crippen molar-refractivity contribution in [1.29, 1.82) is 0 Å². The maximum Gasteiger partial charge on any atom is 0.351 e. The van der Waals surface area contributed by atoms with Crippen molar-refractivity contribution in [3.05, 3.63) is 0 Å². The zero-order chi connectivity index (χ0) is 31.3. The highest BCUT2D eigenvalue weighted by Crippen LogP contribution is 2.46. The molecule has 4 atom stereocenters. The molecule has 1 amide bonds. The smallest absolute Gasteiger partial charge is 0.351 e. The van der Waals surface area contributed by atoms with Gasteiger partial charge in [-0.2, -0.15) is 0 Å². The largest absolute Gasteiger partial charge is 0.444 e. The number of Topliss-reactive ketones (excluding diaryl/α,β-unsaturated/α-hetero) is 1. The Balaban J connectivity index is 2.30. The van der Waals surface area contributed by atoms with Crippen LogP contribution in [0.5, 0.6) is 0 Å². The lowest BCUT2D eigenvalue weighted by Gasteiger charge is -2.45. The van der Waals surface area contributed by atoms with Crippen molar-refractivity contribution in [2.24, 2.45) is 21.7 Å². The molecule has 230 valence electrons. The summed E-state index contributed by atoms with van der Waals surface area (Å²) in [6.45, 7) is 27.8. The van der Waals surface area contributed by atoms with Crippen molar-refractivity contribution in [3.63, 3.8) is 0 Å². The lowest BCUT2D eigenvalue weighted by atomic mass is 9.66. The lowest BCUT2D eigenvalue weighted by molar-refractivity contribution is -0.134. The third kappa shape index (κ3) is 8.29. The van der Waals surface area contributed by atoms with Gasteiger partial charge in [0.15, 0.2) is 0 Å². The predicted octanol–water partition coefficient (Wildman–Crippen LogP) is 5.50. The third-order valence-electron chi connectivity index (χ3n) is 8.89. The summed E-state index contributed by atoms with van der Waals surface area (Å²) in [6, 6.07) is -0.469. The summed E-state index contributed by atoms with van der Waals surface area (Å²) in [5.41, 5.74) is -4.12.